The number of benzene rings is 1. The third kappa shape index (κ3) is 4.69. The van der Waals surface area contributed by atoms with Crippen LogP contribution in [-0.4, -0.2) is 63.5 Å². The molecule has 3 amide bonds. The van der Waals surface area contributed by atoms with E-state index in [0.717, 1.165) is 10.9 Å². The van der Waals surface area contributed by atoms with Gasteiger partial charge in [-0.3, -0.25) is 14.4 Å². The third-order valence-corrected chi connectivity index (χ3v) is 6.52. The van der Waals surface area contributed by atoms with Crippen molar-refractivity contribution in [3.05, 3.63) is 40.1 Å². The normalized spacial score (nSPS) is 23.3. The molecule has 0 radical (unpaired) electrons. The third-order valence-electron chi connectivity index (χ3n) is 6.02. The Morgan fingerprint density at radius 3 is 2.59 bits per heavy atom. The van der Waals surface area contributed by atoms with Crippen molar-refractivity contribution >= 4 is 39.3 Å². The summed E-state index contributed by atoms with van der Waals surface area (Å²) in [6.07, 6.45) is 3.56. The Balaban J connectivity index is 1.53. The zero-order chi connectivity index (χ0) is 22.8. The summed E-state index contributed by atoms with van der Waals surface area (Å²) >= 11 is 3.44. The predicted molar refractivity (Wildman–Crippen MR) is 120 cm³/mol. The molecule has 3 atom stereocenters. The summed E-state index contributed by atoms with van der Waals surface area (Å²) in [4.78, 5) is 42.5. The number of nitrogens with zero attached hydrogens (tertiary/aromatic N) is 4. The molecule has 10 heteroatoms. The van der Waals surface area contributed by atoms with Crippen molar-refractivity contribution in [2.24, 2.45) is 11.8 Å². The molecule has 0 saturated carbocycles. The monoisotopic (exact) mass is 503 g/mol. The minimum atomic E-state index is -0.652. The van der Waals surface area contributed by atoms with E-state index in [-0.39, 0.29) is 17.5 Å². The van der Waals surface area contributed by atoms with Gasteiger partial charge in [-0.2, -0.15) is 0 Å². The molecule has 32 heavy (non-hydrogen) atoms. The molecule has 0 unspecified atom stereocenters. The van der Waals surface area contributed by atoms with Crippen molar-refractivity contribution in [2.75, 3.05) is 25.0 Å². The van der Waals surface area contributed by atoms with Gasteiger partial charge in [0.1, 0.15) is 12.2 Å². The molecule has 0 bridgehead atoms. The van der Waals surface area contributed by atoms with Crippen LogP contribution < -0.4 is 5.32 Å². The summed E-state index contributed by atoms with van der Waals surface area (Å²) in [5, 5.41) is 9.94. The molecule has 2 aliphatic rings. The fourth-order valence-electron chi connectivity index (χ4n) is 4.71. The fourth-order valence-corrected chi connectivity index (χ4v) is 5.07. The molecule has 1 aromatic heterocycles. The second kappa shape index (κ2) is 9.40. The minimum Gasteiger partial charge on any atom is -0.338 e. The number of likely N-dealkylation sites (tertiary alicyclic amines) is 2. The van der Waals surface area contributed by atoms with Gasteiger partial charge in [-0.15, -0.1) is 0 Å². The van der Waals surface area contributed by atoms with Gasteiger partial charge in [0.25, 0.3) is 11.8 Å². The molecule has 2 fully saturated rings. The summed E-state index contributed by atoms with van der Waals surface area (Å²) in [5.74, 6) is 0.0262. The van der Waals surface area contributed by atoms with Gasteiger partial charge in [0, 0.05) is 24.1 Å². The van der Waals surface area contributed by atoms with E-state index in [1.807, 2.05) is 4.90 Å². The summed E-state index contributed by atoms with van der Waals surface area (Å²) in [6, 6.07) is 4.59. The molecule has 2 aromatic rings. The van der Waals surface area contributed by atoms with Gasteiger partial charge in [0.05, 0.1) is 11.3 Å². The number of amides is 3. The summed E-state index contributed by atoms with van der Waals surface area (Å²) in [6.45, 7) is 6.13. The van der Waals surface area contributed by atoms with Crippen molar-refractivity contribution in [1.29, 1.82) is 0 Å². The molecule has 4 rings (SSSR count). The van der Waals surface area contributed by atoms with E-state index >= 15 is 0 Å². The van der Waals surface area contributed by atoms with Crippen LogP contribution in [0.15, 0.2) is 33.5 Å². The van der Waals surface area contributed by atoms with Gasteiger partial charge >= 0.3 is 0 Å². The van der Waals surface area contributed by atoms with Crippen molar-refractivity contribution in [3.63, 3.8) is 0 Å². The molecule has 1 aromatic carbocycles. The van der Waals surface area contributed by atoms with E-state index in [9.17, 15) is 14.4 Å². The van der Waals surface area contributed by atoms with E-state index < -0.39 is 11.9 Å². The van der Waals surface area contributed by atoms with Crippen LogP contribution in [0.25, 0.3) is 0 Å². The lowest BCUT2D eigenvalue weighted by molar-refractivity contribution is -0.119. The van der Waals surface area contributed by atoms with E-state index in [2.05, 4.69) is 50.0 Å². The van der Waals surface area contributed by atoms with E-state index in [1.165, 1.54) is 11.1 Å². The highest BCUT2D eigenvalue weighted by Gasteiger charge is 2.36. The van der Waals surface area contributed by atoms with Crippen molar-refractivity contribution in [3.8, 4) is 0 Å². The van der Waals surface area contributed by atoms with Crippen LogP contribution in [-0.2, 0) is 4.79 Å². The van der Waals surface area contributed by atoms with Gasteiger partial charge in [0.2, 0.25) is 5.91 Å². The molecule has 3 heterocycles. The highest BCUT2D eigenvalue weighted by atomic mass is 79.9. The number of hydrogen-bond acceptors (Lipinski definition) is 6. The van der Waals surface area contributed by atoms with E-state index in [1.54, 1.807) is 18.2 Å². The summed E-state index contributed by atoms with van der Waals surface area (Å²) in [7, 11) is 0. The quantitative estimate of drug-likeness (QED) is 0.685. The highest BCUT2D eigenvalue weighted by molar-refractivity contribution is 9.10. The first-order valence-electron chi connectivity index (χ1n) is 10.8. The molecule has 0 spiro atoms. The Morgan fingerprint density at radius 1 is 1.16 bits per heavy atom. The molecular formula is C22H26BrN5O4. The average molecular weight is 504 g/mol. The number of nitrogens with one attached hydrogen (secondary N) is 1. The van der Waals surface area contributed by atoms with Crippen molar-refractivity contribution < 1.29 is 19.0 Å². The number of hydrogen-bond donors (Lipinski definition) is 1. The minimum absolute atomic E-state index is 0.0672. The average Bonchev–Trinajstić information content (AvgIpc) is 3.45. The molecule has 2 saturated heterocycles. The standard InChI is InChI=1S/C22H26BrN5O4/c1-13-8-14(2)12-27(11-13)21(30)16-9-15(23)5-6-17(16)25-20(29)19-4-3-7-28(19)22(31)18-10-24-32-26-18/h5-6,9-10,13-14,19H,3-4,7-8,11-12H2,1-2H3,(H,25,29)/t13-,14+,19-/m0/s1. The lowest BCUT2D eigenvalue weighted by atomic mass is 9.91. The topological polar surface area (TPSA) is 109 Å². The van der Waals surface area contributed by atoms with Crippen LogP contribution in [0.3, 0.4) is 0 Å². The molecule has 2 aliphatic heterocycles. The molecule has 170 valence electrons. The molecule has 0 aliphatic carbocycles. The number of halogens is 1. The van der Waals surface area contributed by atoms with Crippen LogP contribution in [0.4, 0.5) is 5.69 Å². The van der Waals surface area contributed by atoms with Gasteiger partial charge in [0.15, 0.2) is 5.69 Å². The van der Waals surface area contributed by atoms with Crippen molar-refractivity contribution in [2.45, 2.75) is 39.2 Å². The second-order valence-electron chi connectivity index (χ2n) is 8.78. The van der Waals surface area contributed by atoms with Crippen LogP contribution in [0, 0.1) is 11.8 Å². The Hall–Kier alpha value is -2.75. The Kier molecular flexibility index (Phi) is 6.59. The maximum Gasteiger partial charge on any atom is 0.278 e. The first-order valence-corrected chi connectivity index (χ1v) is 11.6. The number of rotatable bonds is 4. The predicted octanol–water partition coefficient (Wildman–Crippen LogP) is 3.19. The highest BCUT2D eigenvalue weighted by Crippen LogP contribution is 2.28. The second-order valence-corrected chi connectivity index (χ2v) is 9.70. The van der Waals surface area contributed by atoms with E-state index in [0.29, 0.717) is 55.6 Å². The maximum absolute atomic E-state index is 13.4. The van der Waals surface area contributed by atoms with Crippen LogP contribution in [0.5, 0.6) is 0 Å². The lowest BCUT2D eigenvalue weighted by Gasteiger charge is -2.35. The Morgan fingerprint density at radius 2 is 1.91 bits per heavy atom. The summed E-state index contributed by atoms with van der Waals surface area (Å²) in [5.41, 5.74) is 0.944. The zero-order valence-electron chi connectivity index (χ0n) is 18.1. The number of aromatic nitrogens is 2. The number of carbonyl (C=O) groups is 3. The maximum atomic E-state index is 13.4. The molecule has 9 nitrogen and oxygen atoms in total. The lowest BCUT2D eigenvalue weighted by Crippen LogP contribution is -2.44. The van der Waals surface area contributed by atoms with Gasteiger partial charge in [-0.25, -0.2) is 4.63 Å². The SMILES string of the molecule is C[C@@H]1C[C@H](C)CN(C(=O)c2cc(Br)ccc2NC(=O)[C@@H]2CCCN2C(=O)c2cnon2)C1. The van der Waals surface area contributed by atoms with Crippen LogP contribution >= 0.6 is 15.9 Å². The first-order chi connectivity index (χ1) is 15.3. The zero-order valence-corrected chi connectivity index (χ0v) is 19.7. The van der Waals surface area contributed by atoms with Gasteiger partial charge in [-0.1, -0.05) is 34.9 Å². The number of piperidine rings is 1. The largest absolute Gasteiger partial charge is 0.338 e. The number of anilines is 1. The molecule has 1 N–H and O–H groups in total. The van der Waals surface area contributed by atoms with Crippen molar-refractivity contribution in [1.82, 2.24) is 20.1 Å². The Bertz CT molecular complexity index is 1000. The number of carbonyl (C=O) groups excluding carboxylic acids is 3. The molecular weight excluding hydrogens is 478 g/mol. The fraction of sp³-hybridized carbons (Fsp3) is 0.500. The van der Waals surface area contributed by atoms with E-state index in [4.69, 9.17) is 0 Å². The van der Waals surface area contributed by atoms with Gasteiger partial charge in [-0.05, 0) is 54.5 Å². The smallest absolute Gasteiger partial charge is 0.278 e. The van der Waals surface area contributed by atoms with Gasteiger partial charge < -0.3 is 15.1 Å². The van der Waals surface area contributed by atoms with Crippen LogP contribution in [0.1, 0.15) is 54.0 Å². The Labute approximate surface area is 194 Å². The van der Waals surface area contributed by atoms with Crippen LogP contribution in [0.2, 0.25) is 0 Å². The summed E-state index contributed by atoms with van der Waals surface area (Å²) < 4.78 is 5.28. The first kappa shape index (κ1) is 22.4.